The Morgan fingerprint density at radius 2 is 1.55 bits per heavy atom. The van der Waals surface area contributed by atoms with Gasteiger partial charge in [0.25, 0.3) is 0 Å². The standard InChI is InChI=1S/C28H50O3/c1-18(8-7-15-25(2,3)30)20-10-11-21-19-9-12-23-27(5,17-14-24(29)28(23,6)31)22(19)13-16-26(20,21)4/h18-24,29-31H,7-17H2,1-6H3/t18-,19+,20-,21+,22+,23-,24+,26-,27-,28?/m1/s1. The Morgan fingerprint density at radius 3 is 2.23 bits per heavy atom. The summed E-state index contributed by atoms with van der Waals surface area (Å²) in [5.74, 6) is 4.16. The van der Waals surface area contributed by atoms with Crippen LogP contribution in [0.1, 0.15) is 112 Å². The minimum atomic E-state index is -0.925. The number of hydrogen-bond donors (Lipinski definition) is 3. The van der Waals surface area contributed by atoms with Gasteiger partial charge in [-0.25, -0.2) is 0 Å². The molecule has 0 bridgehead atoms. The average Bonchev–Trinajstić information content (AvgIpc) is 3.01. The van der Waals surface area contributed by atoms with Crippen LogP contribution in [-0.4, -0.2) is 32.6 Å². The first kappa shape index (κ1) is 24.0. The molecule has 3 nitrogen and oxygen atoms in total. The van der Waals surface area contributed by atoms with Crippen molar-refractivity contribution in [2.24, 2.45) is 46.3 Å². The Labute approximate surface area is 191 Å². The minimum Gasteiger partial charge on any atom is -0.390 e. The molecular formula is C28H50O3. The Kier molecular flexibility index (Phi) is 6.18. The monoisotopic (exact) mass is 434 g/mol. The van der Waals surface area contributed by atoms with Crippen LogP contribution in [-0.2, 0) is 0 Å². The number of fused-ring (bicyclic) bond motifs is 5. The van der Waals surface area contributed by atoms with E-state index >= 15 is 0 Å². The van der Waals surface area contributed by atoms with Gasteiger partial charge in [-0.1, -0.05) is 33.6 Å². The fraction of sp³-hybridized carbons (Fsp3) is 1.00. The minimum absolute atomic E-state index is 0.184. The van der Waals surface area contributed by atoms with Gasteiger partial charge in [-0.15, -0.1) is 0 Å². The third-order valence-corrected chi connectivity index (χ3v) is 11.4. The molecule has 0 spiro atoms. The van der Waals surface area contributed by atoms with Crippen molar-refractivity contribution in [1.82, 2.24) is 0 Å². The van der Waals surface area contributed by atoms with E-state index in [2.05, 4.69) is 20.8 Å². The third-order valence-electron chi connectivity index (χ3n) is 11.4. The van der Waals surface area contributed by atoms with Gasteiger partial charge in [0, 0.05) is 0 Å². The van der Waals surface area contributed by atoms with E-state index in [-0.39, 0.29) is 11.3 Å². The first-order valence-electron chi connectivity index (χ1n) is 13.4. The lowest BCUT2D eigenvalue weighted by Crippen LogP contribution is -2.63. The topological polar surface area (TPSA) is 60.7 Å². The Hall–Kier alpha value is -0.120. The highest BCUT2D eigenvalue weighted by Gasteiger charge is 2.64. The third kappa shape index (κ3) is 3.93. The van der Waals surface area contributed by atoms with Gasteiger partial charge in [-0.3, -0.25) is 0 Å². The molecule has 0 aromatic rings. The molecule has 31 heavy (non-hydrogen) atoms. The summed E-state index contributed by atoms with van der Waals surface area (Å²) < 4.78 is 0. The Balaban J connectivity index is 1.48. The molecule has 4 fully saturated rings. The predicted octanol–water partition coefficient (Wildman–Crippen LogP) is 5.94. The first-order valence-corrected chi connectivity index (χ1v) is 13.4. The summed E-state index contributed by atoms with van der Waals surface area (Å²) in [7, 11) is 0. The van der Waals surface area contributed by atoms with Gasteiger partial charge in [-0.2, -0.15) is 0 Å². The van der Waals surface area contributed by atoms with Crippen LogP contribution in [0.5, 0.6) is 0 Å². The molecule has 0 heterocycles. The zero-order valence-electron chi connectivity index (χ0n) is 21.2. The Bertz CT molecular complexity index is 651. The van der Waals surface area contributed by atoms with E-state index in [0.29, 0.717) is 11.3 Å². The van der Waals surface area contributed by atoms with Crippen LogP contribution < -0.4 is 0 Å². The maximum atomic E-state index is 11.2. The van der Waals surface area contributed by atoms with Gasteiger partial charge < -0.3 is 15.3 Å². The van der Waals surface area contributed by atoms with Gasteiger partial charge in [0.1, 0.15) is 0 Å². The van der Waals surface area contributed by atoms with Crippen LogP contribution in [0.15, 0.2) is 0 Å². The molecule has 0 aromatic carbocycles. The molecule has 3 N–H and O–H groups in total. The van der Waals surface area contributed by atoms with Gasteiger partial charge in [-0.05, 0) is 125 Å². The van der Waals surface area contributed by atoms with Crippen molar-refractivity contribution in [1.29, 1.82) is 0 Å². The fourth-order valence-electron chi connectivity index (χ4n) is 9.78. The van der Waals surface area contributed by atoms with E-state index in [4.69, 9.17) is 0 Å². The lowest BCUT2D eigenvalue weighted by molar-refractivity contribution is -0.217. The number of hydrogen-bond acceptors (Lipinski definition) is 3. The van der Waals surface area contributed by atoms with Crippen LogP contribution in [0.4, 0.5) is 0 Å². The van der Waals surface area contributed by atoms with Crippen molar-refractivity contribution in [2.45, 2.75) is 129 Å². The molecular weight excluding hydrogens is 384 g/mol. The molecule has 0 amide bonds. The van der Waals surface area contributed by atoms with Crippen molar-refractivity contribution < 1.29 is 15.3 Å². The molecule has 0 radical (unpaired) electrons. The lowest BCUT2D eigenvalue weighted by Gasteiger charge is -2.64. The van der Waals surface area contributed by atoms with Crippen LogP contribution in [0.2, 0.25) is 0 Å². The van der Waals surface area contributed by atoms with E-state index < -0.39 is 17.3 Å². The maximum absolute atomic E-state index is 11.2. The van der Waals surface area contributed by atoms with E-state index in [0.717, 1.165) is 55.8 Å². The molecule has 4 aliphatic rings. The second-order valence-corrected chi connectivity index (χ2v) is 13.7. The van der Waals surface area contributed by atoms with Gasteiger partial charge in [0.15, 0.2) is 0 Å². The second kappa shape index (κ2) is 7.98. The molecule has 4 rings (SSSR count). The van der Waals surface area contributed by atoms with Crippen molar-refractivity contribution >= 4 is 0 Å². The fourth-order valence-corrected chi connectivity index (χ4v) is 9.78. The summed E-state index contributed by atoms with van der Waals surface area (Å²) in [6.45, 7) is 13.3. The second-order valence-electron chi connectivity index (χ2n) is 13.7. The molecule has 0 aromatic heterocycles. The molecule has 4 saturated carbocycles. The summed E-state index contributed by atoms with van der Waals surface area (Å²) in [5.41, 5.74) is -0.812. The quantitative estimate of drug-likeness (QED) is 0.501. The summed E-state index contributed by atoms with van der Waals surface area (Å²) in [4.78, 5) is 0. The van der Waals surface area contributed by atoms with E-state index in [1.807, 2.05) is 20.8 Å². The number of aliphatic hydroxyl groups is 3. The summed E-state index contributed by atoms with van der Waals surface area (Å²) in [6, 6.07) is 0. The normalized spacial score (nSPS) is 51.0. The van der Waals surface area contributed by atoms with Gasteiger partial charge in [0.2, 0.25) is 0 Å². The van der Waals surface area contributed by atoms with E-state index in [1.165, 1.54) is 38.5 Å². The highest BCUT2D eigenvalue weighted by Crippen LogP contribution is 2.69. The highest BCUT2D eigenvalue weighted by molar-refractivity contribution is 5.13. The van der Waals surface area contributed by atoms with Crippen LogP contribution >= 0.6 is 0 Å². The zero-order valence-corrected chi connectivity index (χ0v) is 21.2. The van der Waals surface area contributed by atoms with Crippen LogP contribution in [0, 0.1) is 46.3 Å². The zero-order chi connectivity index (χ0) is 22.8. The van der Waals surface area contributed by atoms with E-state index in [9.17, 15) is 15.3 Å². The average molecular weight is 435 g/mol. The first-order chi connectivity index (χ1) is 14.3. The van der Waals surface area contributed by atoms with Gasteiger partial charge in [0.05, 0.1) is 17.3 Å². The van der Waals surface area contributed by atoms with Crippen molar-refractivity contribution in [3.8, 4) is 0 Å². The molecule has 4 aliphatic carbocycles. The lowest BCUT2D eigenvalue weighted by atomic mass is 9.42. The predicted molar refractivity (Wildman–Crippen MR) is 127 cm³/mol. The molecule has 3 heteroatoms. The van der Waals surface area contributed by atoms with Crippen molar-refractivity contribution in [3.05, 3.63) is 0 Å². The summed E-state index contributed by atoms with van der Waals surface area (Å²) in [5, 5.41) is 31.8. The largest absolute Gasteiger partial charge is 0.390 e. The summed E-state index contributed by atoms with van der Waals surface area (Å²) in [6.07, 6.45) is 12.3. The molecule has 180 valence electrons. The van der Waals surface area contributed by atoms with Crippen LogP contribution in [0.25, 0.3) is 0 Å². The molecule has 0 aliphatic heterocycles. The highest BCUT2D eigenvalue weighted by atomic mass is 16.3. The van der Waals surface area contributed by atoms with Crippen molar-refractivity contribution in [2.75, 3.05) is 0 Å². The van der Waals surface area contributed by atoms with Crippen LogP contribution in [0.3, 0.4) is 0 Å². The number of rotatable bonds is 5. The Morgan fingerprint density at radius 1 is 0.903 bits per heavy atom. The molecule has 1 unspecified atom stereocenters. The maximum Gasteiger partial charge on any atom is 0.0910 e. The summed E-state index contributed by atoms with van der Waals surface area (Å²) >= 11 is 0. The number of aliphatic hydroxyl groups excluding tert-OH is 1. The molecule has 10 atom stereocenters. The smallest absolute Gasteiger partial charge is 0.0910 e. The van der Waals surface area contributed by atoms with E-state index in [1.54, 1.807) is 0 Å². The van der Waals surface area contributed by atoms with Gasteiger partial charge >= 0.3 is 0 Å². The van der Waals surface area contributed by atoms with Crippen molar-refractivity contribution in [3.63, 3.8) is 0 Å². The SMILES string of the molecule is C[C@H](CCCC(C)(C)O)[C@H]1CC[C@H]2[C@@H]3CC[C@H]4C(C)(O)[C@@H](O)CC[C@]4(C)[C@H]3CC[C@]12C. The molecule has 0 saturated heterocycles.